The Morgan fingerprint density at radius 3 is 2.61 bits per heavy atom. The first-order valence-corrected chi connectivity index (χ1v) is 7.95. The summed E-state index contributed by atoms with van der Waals surface area (Å²) in [5, 5.41) is 0. The summed E-state index contributed by atoms with van der Waals surface area (Å²) in [6.07, 6.45) is 1.15. The van der Waals surface area contributed by atoms with Crippen LogP contribution in [0.2, 0.25) is 0 Å². The van der Waals surface area contributed by atoms with E-state index in [0.717, 1.165) is 0 Å². The molecule has 0 aliphatic heterocycles. The Morgan fingerprint density at radius 1 is 1.33 bits per heavy atom. The quantitative estimate of drug-likeness (QED) is 0.621. The predicted molar refractivity (Wildman–Crippen MR) is 71.7 cm³/mol. The van der Waals surface area contributed by atoms with Crippen LogP contribution < -0.4 is 4.72 Å². The van der Waals surface area contributed by atoms with Crippen molar-refractivity contribution < 1.29 is 12.8 Å². The summed E-state index contributed by atoms with van der Waals surface area (Å²) in [6, 6.07) is 5.55. The van der Waals surface area contributed by atoms with E-state index in [1.807, 2.05) is 0 Å². The van der Waals surface area contributed by atoms with E-state index >= 15 is 0 Å². The van der Waals surface area contributed by atoms with Crippen LogP contribution in [0.15, 0.2) is 24.3 Å². The van der Waals surface area contributed by atoms with Gasteiger partial charge in [-0.3, -0.25) is 0 Å². The van der Waals surface area contributed by atoms with Crippen molar-refractivity contribution in [3.8, 4) is 0 Å². The third-order valence-electron chi connectivity index (χ3n) is 2.52. The van der Waals surface area contributed by atoms with E-state index in [9.17, 15) is 12.8 Å². The van der Waals surface area contributed by atoms with Gasteiger partial charge in [-0.05, 0) is 25.8 Å². The Kier molecular flexibility index (Phi) is 6.05. The third kappa shape index (κ3) is 4.92. The van der Waals surface area contributed by atoms with E-state index in [1.54, 1.807) is 25.1 Å². The molecular weight excluding hydrogens is 277 g/mol. The summed E-state index contributed by atoms with van der Waals surface area (Å²) < 4.78 is 39.4. The molecule has 0 radical (unpaired) electrons. The maximum absolute atomic E-state index is 13.5. The molecule has 0 amide bonds. The molecule has 0 aromatic heterocycles. The lowest BCUT2D eigenvalue weighted by Gasteiger charge is -2.15. The van der Waals surface area contributed by atoms with Crippen molar-refractivity contribution >= 4 is 21.6 Å². The monoisotopic (exact) mass is 293 g/mol. The molecule has 0 aliphatic rings. The van der Waals surface area contributed by atoms with Gasteiger partial charge in [0.25, 0.3) is 0 Å². The molecule has 1 N–H and O–H groups in total. The van der Waals surface area contributed by atoms with Crippen LogP contribution in [0.4, 0.5) is 4.39 Å². The van der Waals surface area contributed by atoms with Crippen molar-refractivity contribution in [1.82, 2.24) is 4.72 Å². The topological polar surface area (TPSA) is 46.2 Å². The molecule has 1 atom stereocenters. The van der Waals surface area contributed by atoms with Crippen molar-refractivity contribution in [2.75, 3.05) is 11.6 Å². The van der Waals surface area contributed by atoms with Gasteiger partial charge in [-0.1, -0.05) is 18.2 Å². The Hall–Kier alpha value is -0.650. The number of hydrogen-bond donors (Lipinski definition) is 1. The zero-order chi connectivity index (χ0) is 13.6. The van der Waals surface area contributed by atoms with Gasteiger partial charge in [-0.15, -0.1) is 11.6 Å². The van der Waals surface area contributed by atoms with E-state index in [-0.39, 0.29) is 5.75 Å². The molecule has 1 unspecified atom stereocenters. The van der Waals surface area contributed by atoms with Gasteiger partial charge in [-0.2, -0.15) is 0 Å². The number of hydrogen-bond acceptors (Lipinski definition) is 2. The predicted octanol–water partition coefficient (Wildman–Crippen LogP) is 2.83. The fourth-order valence-electron chi connectivity index (χ4n) is 1.60. The Bertz CT molecular complexity index is 479. The number of alkyl halides is 1. The largest absolute Gasteiger partial charge is 0.212 e. The summed E-state index contributed by atoms with van der Waals surface area (Å²) >= 11 is 5.49. The molecule has 18 heavy (non-hydrogen) atoms. The summed E-state index contributed by atoms with van der Waals surface area (Å²) in [6.45, 7) is 1.62. The fourth-order valence-corrected chi connectivity index (χ4v) is 3.16. The van der Waals surface area contributed by atoms with E-state index in [4.69, 9.17) is 11.6 Å². The van der Waals surface area contributed by atoms with Crippen LogP contribution in [-0.2, 0) is 10.0 Å². The first-order valence-electron chi connectivity index (χ1n) is 5.76. The van der Waals surface area contributed by atoms with Crippen molar-refractivity contribution in [2.45, 2.75) is 25.8 Å². The SMILES string of the molecule is CC(NS(=O)(=O)CCCCCl)c1ccccc1F. The Morgan fingerprint density at radius 2 is 2.00 bits per heavy atom. The minimum absolute atomic E-state index is 0.0124. The number of nitrogens with one attached hydrogen (secondary N) is 1. The number of halogens is 2. The second-order valence-electron chi connectivity index (χ2n) is 4.08. The highest BCUT2D eigenvalue weighted by atomic mass is 35.5. The number of benzene rings is 1. The molecule has 0 bridgehead atoms. The first kappa shape index (κ1) is 15.4. The zero-order valence-electron chi connectivity index (χ0n) is 10.2. The Labute approximate surface area is 112 Å². The lowest BCUT2D eigenvalue weighted by atomic mass is 10.1. The highest BCUT2D eigenvalue weighted by Gasteiger charge is 2.17. The van der Waals surface area contributed by atoms with E-state index < -0.39 is 21.9 Å². The molecule has 1 aromatic rings. The summed E-state index contributed by atoms with van der Waals surface area (Å²) in [5.74, 6) is 0.0464. The molecule has 0 aliphatic carbocycles. The van der Waals surface area contributed by atoms with Crippen LogP contribution in [0.25, 0.3) is 0 Å². The van der Waals surface area contributed by atoms with Crippen molar-refractivity contribution in [1.29, 1.82) is 0 Å². The molecule has 0 saturated carbocycles. The number of sulfonamides is 1. The van der Waals surface area contributed by atoms with Gasteiger partial charge in [0.15, 0.2) is 0 Å². The maximum Gasteiger partial charge on any atom is 0.212 e. The third-order valence-corrected chi connectivity index (χ3v) is 4.33. The molecule has 1 aromatic carbocycles. The van der Waals surface area contributed by atoms with E-state index in [1.165, 1.54) is 6.07 Å². The molecule has 3 nitrogen and oxygen atoms in total. The normalized spacial score (nSPS) is 13.5. The van der Waals surface area contributed by atoms with Crippen LogP contribution in [0.3, 0.4) is 0 Å². The second-order valence-corrected chi connectivity index (χ2v) is 6.33. The lowest BCUT2D eigenvalue weighted by Crippen LogP contribution is -2.29. The second kappa shape index (κ2) is 7.07. The van der Waals surface area contributed by atoms with Gasteiger partial charge in [0.1, 0.15) is 5.82 Å². The van der Waals surface area contributed by atoms with Crippen molar-refractivity contribution in [2.24, 2.45) is 0 Å². The van der Waals surface area contributed by atoms with Crippen LogP contribution in [-0.4, -0.2) is 20.1 Å². The molecule has 6 heteroatoms. The highest BCUT2D eigenvalue weighted by molar-refractivity contribution is 7.89. The maximum atomic E-state index is 13.5. The Balaban J connectivity index is 2.64. The van der Waals surface area contributed by atoms with Gasteiger partial charge >= 0.3 is 0 Å². The van der Waals surface area contributed by atoms with E-state index in [2.05, 4.69) is 4.72 Å². The van der Waals surface area contributed by atoms with Crippen LogP contribution in [0, 0.1) is 5.82 Å². The van der Waals surface area contributed by atoms with Crippen LogP contribution >= 0.6 is 11.6 Å². The van der Waals surface area contributed by atoms with Crippen molar-refractivity contribution in [3.05, 3.63) is 35.6 Å². The zero-order valence-corrected chi connectivity index (χ0v) is 11.8. The van der Waals surface area contributed by atoms with Gasteiger partial charge < -0.3 is 0 Å². The molecule has 0 saturated heterocycles. The number of unbranched alkanes of at least 4 members (excludes halogenated alkanes) is 1. The van der Waals surface area contributed by atoms with Gasteiger partial charge in [0.2, 0.25) is 10.0 Å². The summed E-state index contributed by atoms with van der Waals surface area (Å²) in [5.41, 5.74) is 0.346. The first-order chi connectivity index (χ1) is 8.46. The minimum Gasteiger partial charge on any atom is -0.212 e. The molecule has 1 rings (SSSR count). The summed E-state index contributed by atoms with van der Waals surface area (Å²) in [4.78, 5) is 0. The average molecular weight is 294 g/mol. The van der Waals surface area contributed by atoms with E-state index in [0.29, 0.717) is 24.3 Å². The fraction of sp³-hybridized carbons (Fsp3) is 0.500. The van der Waals surface area contributed by atoms with Crippen molar-refractivity contribution in [3.63, 3.8) is 0 Å². The molecular formula is C12H17ClFNO2S. The summed E-state index contributed by atoms with van der Waals surface area (Å²) in [7, 11) is -3.39. The molecule has 0 heterocycles. The molecule has 102 valence electrons. The standard InChI is InChI=1S/C12H17ClFNO2S/c1-10(11-6-2-3-7-12(11)14)15-18(16,17)9-5-4-8-13/h2-3,6-7,10,15H,4-5,8-9H2,1H3. The number of rotatable bonds is 7. The molecule has 0 spiro atoms. The van der Waals surface area contributed by atoms with Gasteiger partial charge in [0.05, 0.1) is 5.75 Å². The van der Waals surface area contributed by atoms with Crippen LogP contribution in [0.1, 0.15) is 31.4 Å². The lowest BCUT2D eigenvalue weighted by molar-refractivity contribution is 0.548. The minimum atomic E-state index is -3.39. The van der Waals surface area contributed by atoms with Gasteiger partial charge in [0, 0.05) is 17.5 Å². The van der Waals surface area contributed by atoms with Crippen LogP contribution in [0.5, 0.6) is 0 Å². The smallest absolute Gasteiger partial charge is 0.212 e. The molecule has 0 fully saturated rings. The highest BCUT2D eigenvalue weighted by Crippen LogP contribution is 2.17. The average Bonchev–Trinajstić information content (AvgIpc) is 2.29. The van der Waals surface area contributed by atoms with Gasteiger partial charge in [-0.25, -0.2) is 17.5 Å².